The third-order valence-corrected chi connectivity index (χ3v) is 2.30. The Hall–Kier alpha value is -2.11. The van der Waals surface area contributed by atoms with Gasteiger partial charge >= 0.3 is 0 Å². The summed E-state index contributed by atoms with van der Waals surface area (Å²) in [6, 6.07) is 1.77. The van der Waals surface area contributed by atoms with Crippen molar-refractivity contribution < 1.29 is 10.0 Å². The van der Waals surface area contributed by atoms with Crippen LogP contribution in [0.25, 0.3) is 0 Å². The molecular formula is C11H16N4O2. The topological polar surface area (TPSA) is 91.8 Å². The third kappa shape index (κ3) is 3.75. The van der Waals surface area contributed by atoms with Gasteiger partial charge in [0.1, 0.15) is 5.84 Å². The van der Waals surface area contributed by atoms with Gasteiger partial charge in [-0.2, -0.15) is 0 Å². The molecule has 0 radical (unpaired) electrons. The molecule has 0 aliphatic heterocycles. The third-order valence-electron chi connectivity index (χ3n) is 2.30. The minimum absolute atomic E-state index is 0.104. The Kier molecular flexibility index (Phi) is 4.45. The van der Waals surface area contributed by atoms with Crippen molar-refractivity contribution >= 4 is 11.7 Å². The molecule has 0 bridgehead atoms. The van der Waals surface area contributed by atoms with E-state index in [0.29, 0.717) is 18.5 Å². The van der Waals surface area contributed by atoms with Crippen LogP contribution in [0.3, 0.4) is 0 Å². The minimum atomic E-state index is -0.132. The highest BCUT2D eigenvalue weighted by Gasteiger charge is 2.12. The van der Waals surface area contributed by atoms with Crippen LogP contribution < -0.4 is 5.73 Å². The van der Waals surface area contributed by atoms with Gasteiger partial charge in [-0.3, -0.25) is 9.78 Å². The number of nitrogens with zero attached hydrogens (tertiary/aromatic N) is 3. The van der Waals surface area contributed by atoms with Gasteiger partial charge in [-0.15, -0.1) is 0 Å². The summed E-state index contributed by atoms with van der Waals surface area (Å²) in [4.78, 5) is 17.4. The van der Waals surface area contributed by atoms with Gasteiger partial charge in [0.25, 0.3) is 5.91 Å². The Morgan fingerprint density at radius 2 is 2.29 bits per heavy atom. The molecule has 1 amide bonds. The highest BCUT2D eigenvalue weighted by Crippen LogP contribution is 2.05. The molecule has 1 heterocycles. The summed E-state index contributed by atoms with van der Waals surface area (Å²) in [7, 11) is 1.66. The molecule has 1 aromatic heterocycles. The number of carbonyl (C=O) groups is 1. The van der Waals surface area contributed by atoms with E-state index in [1.165, 1.54) is 11.1 Å². The van der Waals surface area contributed by atoms with Gasteiger partial charge in [-0.25, -0.2) is 0 Å². The van der Waals surface area contributed by atoms with E-state index >= 15 is 0 Å². The quantitative estimate of drug-likeness (QED) is 0.346. The molecule has 0 aromatic carbocycles. The first-order valence-corrected chi connectivity index (χ1v) is 5.18. The molecule has 1 aromatic rings. The number of amidine groups is 1. The van der Waals surface area contributed by atoms with E-state index in [9.17, 15) is 4.79 Å². The van der Waals surface area contributed by atoms with Crippen LogP contribution in [0.2, 0.25) is 0 Å². The molecule has 6 heteroatoms. The van der Waals surface area contributed by atoms with Gasteiger partial charge < -0.3 is 15.8 Å². The molecule has 0 saturated carbocycles. The van der Waals surface area contributed by atoms with E-state index in [-0.39, 0.29) is 11.7 Å². The van der Waals surface area contributed by atoms with Crippen molar-refractivity contribution in [1.29, 1.82) is 0 Å². The zero-order valence-electron chi connectivity index (χ0n) is 9.92. The van der Waals surface area contributed by atoms with Gasteiger partial charge in [-0.05, 0) is 18.6 Å². The Balaban J connectivity index is 2.64. The first-order chi connectivity index (χ1) is 8.04. The van der Waals surface area contributed by atoms with Crippen LogP contribution in [0.5, 0.6) is 0 Å². The van der Waals surface area contributed by atoms with Crippen molar-refractivity contribution in [3.63, 3.8) is 0 Å². The zero-order chi connectivity index (χ0) is 12.8. The molecule has 3 N–H and O–H groups in total. The molecule has 0 saturated heterocycles. The monoisotopic (exact) mass is 236 g/mol. The second kappa shape index (κ2) is 5.83. The number of aryl methyl sites for hydroxylation is 1. The fraction of sp³-hybridized carbons (Fsp3) is 0.364. The molecule has 0 unspecified atom stereocenters. The lowest BCUT2D eigenvalue weighted by Crippen LogP contribution is -2.30. The van der Waals surface area contributed by atoms with E-state index in [1.807, 2.05) is 6.92 Å². The van der Waals surface area contributed by atoms with Crippen molar-refractivity contribution in [3.05, 3.63) is 29.6 Å². The first kappa shape index (κ1) is 13.0. The summed E-state index contributed by atoms with van der Waals surface area (Å²) in [5.74, 6) is -0.0287. The Morgan fingerprint density at radius 3 is 2.88 bits per heavy atom. The Bertz CT molecular complexity index is 431. The maximum Gasteiger partial charge on any atom is 0.255 e. The largest absolute Gasteiger partial charge is 0.409 e. The number of aromatic nitrogens is 1. The van der Waals surface area contributed by atoms with Gasteiger partial charge in [0.2, 0.25) is 0 Å². The summed E-state index contributed by atoms with van der Waals surface area (Å²) in [6.45, 7) is 2.27. The number of nitrogens with two attached hydrogens (primary N) is 1. The van der Waals surface area contributed by atoms with Crippen molar-refractivity contribution in [2.45, 2.75) is 13.3 Å². The average molecular weight is 236 g/mol. The first-order valence-electron chi connectivity index (χ1n) is 5.18. The standard InChI is InChI=1S/C11H16N4O2/c1-8-5-9(7-13-6-8)11(16)15(2)4-3-10(12)14-17/h5-7,17H,3-4H2,1-2H3,(H2,12,14). The van der Waals surface area contributed by atoms with Crippen molar-refractivity contribution in [3.8, 4) is 0 Å². The normalized spacial score (nSPS) is 11.3. The van der Waals surface area contributed by atoms with Crippen molar-refractivity contribution in [2.75, 3.05) is 13.6 Å². The lowest BCUT2D eigenvalue weighted by Gasteiger charge is -2.16. The maximum atomic E-state index is 11.9. The van der Waals surface area contributed by atoms with Crippen LogP contribution in [0.15, 0.2) is 23.6 Å². The molecular weight excluding hydrogens is 220 g/mol. The summed E-state index contributed by atoms with van der Waals surface area (Å²) < 4.78 is 0. The van der Waals surface area contributed by atoms with Crippen LogP contribution in [-0.4, -0.2) is 40.4 Å². The number of amides is 1. The molecule has 0 atom stereocenters. The molecule has 92 valence electrons. The van der Waals surface area contributed by atoms with Crippen LogP contribution in [-0.2, 0) is 0 Å². The number of hydrogen-bond acceptors (Lipinski definition) is 4. The number of oxime groups is 1. The van der Waals surface area contributed by atoms with E-state index in [0.717, 1.165) is 5.56 Å². The number of hydrogen-bond donors (Lipinski definition) is 2. The number of carbonyl (C=O) groups excluding carboxylic acids is 1. The van der Waals surface area contributed by atoms with Gasteiger partial charge in [-0.1, -0.05) is 5.16 Å². The highest BCUT2D eigenvalue weighted by atomic mass is 16.4. The SMILES string of the molecule is Cc1cncc(C(=O)N(C)CCC(N)=NO)c1. The van der Waals surface area contributed by atoms with Crippen LogP contribution >= 0.6 is 0 Å². The number of rotatable bonds is 4. The highest BCUT2D eigenvalue weighted by molar-refractivity contribution is 5.94. The maximum absolute atomic E-state index is 11.9. The van der Waals surface area contributed by atoms with E-state index in [2.05, 4.69) is 10.1 Å². The predicted molar refractivity (Wildman–Crippen MR) is 64.0 cm³/mol. The molecule has 1 rings (SSSR count). The van der Waals surface area contributed by atoms with Crippen molar-refractivity contribution in [2.24, 2.45) is 10.9 Å². The molecule has 0 aliphatic rings. The lowest BCUT2D eigenvalue weighted by molar-refractivity contribution is 0.0798. The number of pyridine rings is 1. The summed E-state index contributed by atoms with van der Waals surface area (Å²) in [6.07, 6.45) is 3.54. The van der Waals surface area contributed by atoms with E-state index in [1.54, 1.807) is 19.3 Å². The fourth-order valence-electron chi connectivity index (χ4n) is 1.33. The second-order valence-corrected chi connectivity index (χ2v) is 3.82. The van der Waals surface area contributed by atoms with Crippen LogP contribution in [0.1, 0.15) is 22.3 Å². The predicted octanol–water partition coefficient (Wildman–Crippen LogP) is 0.599. The van der Waals surface area contributed by atoms with Crippen LogP contribution in [0.4, 0.5) is 0 Å². The lowest BCUT2D eigenvalue weighted by atomic mass is 10.2. The molecule has 0 aliphatic carbocycles. The zero-order valence-corrected chi connectivity index (χ0v) is 9.92. The Morgan fingerprint density at radius 1 is 1.59 bits per heavy atom. The van der Waals surface area contributed by atoms with Gasteiger partial charge in [0, 0.05) is 32.4 Å². The molecule has 17 heavy (non-hydrogen) atoms. The van der Waals surface area contributed by atoms with E-state index in [4.69, 9.17) is 10.9 Å². The fourth-order valence-corrected chi connectivity index (χ4v) is 1.33. The minimum Gasteiger partial charge on any atom is -0.409 e. The summed E-state index contributed by atoms with van der Waals surface area (Å²) in [5, 5.41) is 11.2. The smallest absolute Gasteiger partial charge is 0.255 e. The van der Waals surface area contributed by atoms with Gasteiger partial charge in [0.15, 0.2) is 0 Å². The van der Waals surface area contributed by atoms with Crippen molar-refractivity contribution in [1.82, 2.24) is 9.88 Å². The summed E-state index contributed by atoms with van der Waals surface area (Å²) >= 11 is 0. The Labute approximate surface area is 99.7 Å². The average Bonchev–Trinajstić information content (AvgIpc) is 2.34. The molecule has 0 fully saturated rings. The second-order valence-electron chi connectivity index (χ2n) is 3.82. The van der Waals surface area contributed by atoms with Crippen LogP contribution in [0, 0.1) is 6.92 Å². The summed E-state index contributed by atoms with van der Waals surface area (Å²) in [5.41, 5.74) is 6.80. The van der Waals surface area contributed by atoms with Gasteiger partial charge in [0.05, 0.1) is 5.56 Å². The van der Waals surface area contributed by atoms with E-state index < -0.39 is 0 Å². The molecule has 6 nitrogen and oxygen atoms in total. The molecule has 0 spiro atoms.